The Morgan fingerprint density at radius 1 is 1.16 bits per heavy atom. The van der Waals surface area contributed by atoms with Crippen LogP contribution in [0.25, 0.3) is 0 Å². The van der Waals surface area contributed by atoms with Crippen molar-refractivity contribution in [2.45, 2.75) is 32.4 Å². The van der Waals surface area contributed by atoms with Gasteiger partial charge in [-0.25, -0.2) is 9.59 Å². The monoisotopic (exact) mass is 276 g/mol. The van der Waals surface area contributed by atoms with Crippen molar-refractivity contribution in [2.75, 3.05) is 13.7 Å². The largest absolute Gasteiger partial charge is 0.481 e. The van der Waals surface area contributed by atoms with E-state index in [4.69, 9.17) is 14.9 Å². The number of hydrogen-bond acceptors (Lipinski definition) is 4. The van der Waals surface area contributed by atoms with E-state index in [9.17, 15) is 14.4 Å². The molecule has 0 aliphatic rings. The van der Waals surface area contributed by atoms with Crippen LogP contribution in [0.3, 0.4) is 0 Å². The third-order valence-corrected chi connectivity index (χ3v) is 2.45. The molecule has 0 spiro atoms. The average molecular weight is 276 g/mol. The summed E-state index contributed by atoms with van der Waals surface area (Å²) in [4.78, 5) is 32.9. The molecule has 0 rings (SSSR count). The first kappa shape index (κ1) is 17.2. The van der Waals surface area contributed by atoms with Gasteiger partial charge in [-0.15, -0.1) is 0 Å². The van der Waals surface area contributed by atoms with Crippen LogP contribution < -0.4 is 10.6 Å². The smallest absolute Gasteiger partial charge is 0.326 e. The van der Waals surface area contributed by atoms with Crippen LogP contribution >= 0.6 is 0 Å². The first-order valence-corrected chi connectivity index (χ1v) is 5.78. The molecule has 1 unspecified atom stereocenters. The summed E-state index contributed by atoms with van der Waals surface area (Å²) < 4.78 is 4.93. The van der Waals surface area contributed by atoms with Crippen molar-refractivity contribution in [1.29, 1.82) is 0 Å². The van der Waals surface area contributed by atoms with Gasteiger partial charge in [0.2, 0.25) is 0 Å². The average Bonchev–Trinajstić information content (AvgIpc) is 2.26. The highest BCUT2D eigenvalue weighted by atomic mass is 16.5. The first-order valence-electron chi connectivity index (χ1n) is 5.78. The normalized spacial score (nSPS) is 13.7. The van der Waals surface area contributed by atoms with Crippen LogP contribution in [0.15, 0.2) is 0 Å². The molecule has 8 heteroatoms. The Hall–Kier alpha value is -1.83. The van der Waals surface area contributed by atoms with Crippen molar-refractivity contribution in [3.63, 3.8) is 0 Å². The Morgan fingerprint density at radius 2 is 1.74 bits per heavy atom. The number of aliphatic carboxylic acids is 2. The Labute approximate surface area is 111 Å². The van der Waals surface area contributed by atoms with Gasteiger partial charge in [0.05, 0.1) is 19.1 Å². The fourth-order valence-corrected chi connectivity index (χ4v) is 1.32. The van der Waals surface area contributed by atoms with Crippen molar-refractivity contribution in [1.82, 2.24) is 10.6 Å². The summed E-state index contributed by atoms with van der Waals surface area (Å²) in [5, 5.41) is 22.0. The van der Waals surface area contributed by atoms with Gasteiger partial charge in [0.25, 0.3) is 0 Å². The molecule has 2 amide bonds. The minimum absolute atomic E-state index is 0.0912. The number of hydrogen-bond donors (Lipinski definition) is 4. The zero-order valence-electron chi connectivity index (χ0n) is 11.2. The Balaban J connectivity index is 4.47. The van der Waals surface area contributed by atoms with Crippen molar-refractivity contribution in [3.05, 3.63) is 0 Å². The predicted molar refractivity (Wildman–Crippen MR) is 65.8 cm³/mol. The predicted octanol–water partition coefficient (Wildman–Crippen LogP) is -0.115. The number of methoxy groups -OCH3 is 1. The molecule has 0 bridgehead atoms. The zero-order valence-corrected chi connectivity index (χ0v) is 11.2. The van der Waals surface area contributed by atoms with Crippen LogP contribution in [0.4, 0.5) is 4.79 Å². The van der Waals surface area contributed by atoms with Crippen molar-refractivity contribution < 1.29 is 29.3 Å². The molecule has 0 aliphatic heterocycles. The minimum atomic E-state index is -1.46. The Bertz CT molecular complexity index is 331. The van der Waals surface area contributed by atoms with Crippen LogP contribution in [-0.2, 0) is 14.3 Å². The maximum Gasteiger partial charge on any atom is 0.326 e. The maximum absolute atomic E-state index is 11.6. The van der Waals surface area contributed by atoms with Gasteiger partial charge in [0.1, 0.15) is 6.04 Å². The SMILES string of the molecule is COCC(NC(=O)N[C@H](CC(=O)O)C(=O)O)C(C)C. The minimum Gasteiger partial charge on any atom is -0.481 e. The van der Waals surface area contributed by atoms with E-state index in [1.54, 1.807) is 0 Å². The van der Waals surface area contributed by atoms with E-state index in [1.807, 2.05) is 13.8 Å². The van der Waals surface area contributed by atoms with Gasteiger partial charge in [0.15, 0.2) is 0 Å². The fraction of sp³-hybridized carbons (Fsp3) is 0.727. The molecular weight excluding hydrogens is 256 g/mol. The summed E-state index contributed by atoms with van der Waals surface area (Å²) in [6.45, 7) is 4.02. The van der Waals surface area contributed by atoms with Crippen LogP contribution in [0.2, 0.25) is 0 Å². The molecule has 0 aromatic rings. The molecule has 0 saturated heterocycles. The molecule has 0 saturated carbocycles. The van der Waals surface area contributed by atoms with Gasteiger partial charge >= 0.3 is 18.0 Å². The van der Waals surface area contributed by atoms with Gasteiger partial charge in [-0.2, -0.15) is 0 Å². The topological polar surface area (TPSA) is 125 Å². The molecule has 0 aromatic heterocycles. The molecule has 0 aliphatic carbocycles. The lowest BCUT2D eigenvalue weighted by Gasteiger charge is -2.22. The molecule has 110 valence electrons. The molecule has 0 fully saturated rings. The molecule has 4 N–H and O–H groups in total. The van der Waals surface area contributed by atoms with E-state index in [1.165, 1.54) is 7.11 Å². The van der Waals surface area contributed by atoms with Crippen molar-refractivity contribution >= 4 is 18.0 Å². The third-order valence-electron chi connectivity index (χ3n) is 2.45. The lowest BCUT2D eigenvalue weighted by atomic mass is 10.1. The third kappa shape index (κ3) is 7.24. The highest BCUT2D eigenvalue weighted by molar-refractivity contribution is 5.86. The standard InChI is InChI=1S/C11H20N2O6/c1-6(2)8(5-19-3)13-11(18)12-7(10(16)17)4-9(14)15/h6-8H,4-5H2,1-3H3,(H,14,15)(H,16,17)(H2,12,13,18)/t7-,8?/m1/s1. The van der Waals surface area contributed by atoms with Gasteiger partial charge in [-0.3, -0.25) is 4.79 Å². The number of carbonyl (C=O) groups is 3. The van der Waals surface area contributed by atoms with E-state index in [-0.39, 0.29) is 18.6 Å². The summed E-state index contributed by atoms with van der Waals surface area (Å²) in [6.07, 6.45) is -0.681. The molecule has 19 heavy (non-hydrogen) atoms. The number of urea groups is 1. The summed E-state index contributed by atoms with van der Waals surface area (Å²) in [7, 11) is 1.49. The summed E-state index contributed by atoms with van der Waals surface area (Å²) in [5.41, 5.74) is 0. The zero-order chi connectivity index (χ0) is 15.0. The Morgan fingerprint density at radius 3 is 2.11 bits per heavy atom. The van der Waals surface area contributed by atoms with Gasteiger partial charge in [0, 0.05) is 7.11 Å². The van der Waals surface area contributed by atoms with Crippen molar-refractivity contribution in [2.24, 2.45) is 5.92 Å². The van der Waals surface area contributed by atoms with E-state index >= 15 is 0 Å². The number of ether oxygens (including phenoxy) is 1. The highest BCUT2D eigenvalue weighted by Crippen LogP contribution is 2.02. The van der Waals surface area contributed by atoms with Crippen LogP contribution in [0.5, 0.6) is 0 Å². The molecule has 8 nitrogen and oxygen atoms in total. The summed E-state index contributed by atoms with van der Waals surface area (Å²) >= 11 is 0. The molecule has 2 atom stereocenters. The maximum atomic E-state index is 11.6. The van der Waals surface area contributed by atoms with E-state index in [0.717, 1.165) is 0 Å². The quantitative estimate of drug-likeness (QED) is 0.490. The number of carboxylic acids is 2. The molecular formula is C11H20N2O6. The number of carbonyl (C=O) groups excluding carboxylic acids is 1. The van der Waals surface area contributed by atoms with E-state index < -0.39 is 30.4 Å². The number of amides is 2. The lowest BCUT2D eigenvalue weighted by Crippen LogP contribution is -2.52. The summed E-state index contributed by atoms with van der Waals surface area (Å²) in [5.74, 6) is -2.61. The Kier molecular flexibility index (Phi) is 7.50. The number of rotatable bonds is 8. The molecule has 0 aromatic carbocycles. The van der Waals surface area contributed by atoms with E-state index in [0.29, 0.717) is 0 Å². The fourth-order valence-electron chi connectivity index (χ4n) is 1.32. The van der Waals surface area contributed by atoms with Crippen LogP contribution in [0.1, 0.15) is 20.3 Å². The van der Waals surface area contributed by atoms with Crippen LogP contribution in [-0.4, -0.2) is 54.0 Å². The number of carboxylic acid groups (broad SMARTS) is 2. The lowest BCUT2D eigenvalue weighted by molar-refractivity contribution is -0.145. The molecule has 0 radical (unpaired) electrons. The second kappa shape index (κ2) is 8.30. The first-order chi connectivity index (χ1) is 8.77. The van der Waals surface area contributed by atoms with Gasteiger partial charge in [-0.1, -0.05) is 13.8 Å². The van der Waals surface area contributed by atoms with Crippen molar-refractivity contribution in [3.8, 4) is 0 Å². The van der Waals surface area contributed by atoms with Gasteiger partial charge in [-0.05, 0) is 5.92 Å². The molecule has 0 heterocycles. The summed E-state index contributed by atoms with van der Waals surface area (Å²) in [6, 6.07) is -2.48. The van der Waals surface area contributed by atoms with Gasteiger partial charge < -0.3 is 25.6 Å². The van der Waals surface area contributed by atoms with Crippen LogP contribution in [0, 0.1) is 5.92 Å². The second-order valence-electron chi connectivity index (χ2n) is 4.41. The highest BCUT2D eigenvalue weighted by Gasteiger charge is 2.24. The number of nitrogens with one attached hydrogen (secondary N) is 2. The second-order valence-corrected chi connectivity index (χ2v) is 4.41. The van der Waals surface area contributed by atoms with E-state index in [2.05, 4.69) is 10.6 Å².